The van der Waals surface area contributed by atoms with Crippen molar-refractivity contribution in [1.82, 2.24) is 0 Å². The fraction of sp³-hybridized carbons (Fsp3) is 0.333. The molecule has 13 heavy (non-hydrogen) atoms. The predicted molar refractivity (Wildman–Crippen MR) is 54.2 cm³/mol. The van der Waals surface area contributed by atoms with Gasteiger partial charge in [-0.2, -0.15) is 0 Å². The van der Waals surface area contributed by atoms with Crippen molar-refractivity contribution in [3.05, 3.63) is 42.0 Å². The van der Waals surface area contributed by atoms with Crippen molar-refractivity contribution in [2.24, 2.45) is 5.92 Å². The van der Waals surface area contributed by atoms with Crippen molar-refractivity contribution in [2.45, 2.75) is 18.9 Å². The summed E-state index contributed by atoms with van der Waals surface area (Å²) in [5.41, 5.74) is 1.21. The third-order valence-electron chi connectivity index (χ3n) is 2.63. The summed E-state index contributed by atoms with van der Waals surface area (Å²) in [4.78, 5) is 0. The second-order valence-corrected chi connectivity index (χ2v) is 3.58. The van der Waals surface area contributed by atoms with Crippen molar-refractivity contribution in [3.8, 4) is 0 Å². The molecule has 0 radical (unpaired) electrons. The average Bonchev–Trinajstić information content (AvgIpc) is 2.17. The number of rotatable bonds is 2. The molecule has 0 aliphatic heterocycles. The van der Waals surface area contributed by atoms with Crippen LogP contribution in [-0.4, -0.2) is 11.2 Å². The summed E-state index contributed by atoms with van der Waals surface area (Å²) in [6.07, 6.45) is 6.20. The van der Waals surface area contributed by atoms with Crippen LogP contribution in [0.15, 0.2) is 36.4 Å². The van der Waals surface area contributed by atoms with E-state index in [2.05, 4.69) is 24.3 Å². The molecule has 2 unspecified atom stereocenters. The monoisotopic (exact) mass is 174 g/mol. The summed E-state index contributed by atoms with van der Waals surface area (Å²) < 4.78 is 0. The Balaban J connectivity index is 1.98. The molecule has 2 rings (SSSR count). The second-order valence-electron chi connectivity index (χ2n) is 3.58. The maximum absolute atomic E-state index is 9.33. The first kappa shape index (κ1) is 8.52. The third kappa shape index (κ3) is 1.99. The Bertz CT molecular complexity index is 289. The topological polar surface area (TPSA) is 20.2 Å². The Morgan fingerprint density at radius 3 is 2.46 bits per heavy atom. The van der Waals surface area contributed by atoms with Gasteiger partial charge in [0, 0.05) is 5.92 Å². The minimum Gasteiger partial charge on any atom is -0.393 e. The molecular formula is C12H14O. The summed E-state index contributed by atoms with van der Waals surface area (Å²) in [7, 11) is 0. The molecule has 1 N–H and O–H groups in total. The van der Waals surface area contributed by atoms with Crippen LogP contribution < -0.4 is 0 Å². The van der Waals surface area contributed by atoms with Crippen LogP contribution in [0.3, 0.4) is 0 Å². The molecule has 68 valence electrons. The van der Waals surface area contributed by atoms with E-state index in [0.29, 0.717) is 5.92 Å². The van der Waals surface area contributed by atoms with E-state index in [4.69, 9.17) is 0 Å². The summed E-state index contributed by atoms with van der Waals surface area (Å²) in [5, 5.41) is 9.33. The number of hydrogen-bond acceptors (Lipinski definition) is 1. The van der Waals surface area contributed by atoms with Gasteiger partial charge < -0.3 is 5.11 Å². The van der Waals surface area contributed by atoms with Crippen molar-refractivity contribution in [3.63, 3.8) is 0 Å². The molecular weight excluding hydrogens is 160 g/mol. The summed E-state index contributed by atoms with van der Waals surface area (Å²) in [6.45, 7) is 0. The van der Waals surface area contributed by atoms with Gasteiger partial charge in [-0.15, -0.1) is 0 Å². The number of hydrogen-bond donors (Lipinski definition) is 1. The molecule has 1 aromatic carbocycles. The van der Waals surface area contributed by atoms with Crippen LogP contribution in [0, 0.1) is 5.92 Å². The fourth-order valence-corrected chi connectivity index (χ4v) is 1.53. The van der Waals surface area contributed by atoms with Gasteiger partial charge in [-0.05, 0) is 18.4 Å². The van der Waals surface area contributed by atoms with Crippen LogP contribution in [0.4, 0.5) is 0 Å². The quantitative estimate of drug-likeness (QED) is 0.730. The third-order valence-corrected chi connectivity index (χ3v) is 2.63. The SMILES string of the molecule is OC1CCC1/C=C/c1ccccc1. The van der Waals surface area contributed by atoms with Crippen molar-refractivity contribution < 1.29 is 5.11 Å². The Kier molecular flexibility index (Phi) is 2.46. The van der Waals surface area contributed by atoms with Crippen molar-refractivity contribution in [2.75, 3.05) is 0 Å². The first-order valence-corrected chi connectivity index (χ1v) is 4.77. The highest BCUT2D eigenvalue weighted by Gasteiger charge is 2.25. The number of benzene rings is 1. The van der Waals surface area contributed by atoms with Crippen LogP contribution in [0.1, 0.15) is 18.4 Å². The molecule has 1 aliphatic rings. The van der Waals surface area contributed by atoms with E-state index < -0.39 is 0 Å². The highest BCUT2D eigenvalue weighted by molar-refractivity contribution is 5.49. The van der Waals surface area contributed by atoms with Crippen LogP contribution >= 0.6 is 0 Å². The van der Waals surface area contributed by atoms with E-state index in [0.717, 1.165) is 12.8 Å². The Morgan fingerprint density at radius 1 is 1.15 bits per heavy atom. The van der Waals surface area contributed by atoms with Crippen LogP contribution in [0.25, 0.3) is 6.08 Å². The van der Waals surface area contributed by atoms with Gasteiger partial charge >= 0.3 is 0 Å². The molecule has 0 bridgehead atoms. The van der Waals surface area contributed by atoms with Crippen LogP contribution in [0.5, 0.6) is 0 Å². The van der Waals surface area contributed by atoms with E-state index >= 15 is 0 Å². The van der Waals surface area contributed by atoms with Gasteiger partial charge in [0.25, 0.3) is 0 Å². The lowest BCUT2D eigenvalue weighted by molar-refractivity contribution is 0.0504. The van der Waals surface area contributed by atoms with Gasteiger partial charge in [0.2, 0.25) is 0 Å². The zero-order valence-electron chi connectivity index (χ0n) is 7.56. The summed E-state index contributed by atoms with van der Waals surface area (Å²) in [5.74, 6) is 0.389. The Morgan fingerprint density at radius 2 is 1.92 bits per heavy atom. The van der Waals surface area contributed by atoms with E-state index in [-0.39, 0.29) is 6.10 Å². The van der Waals surface area contributed by atoms with Crippen LogP contribution in [0.2, 0.25) is 0 Å². The molecule has 0 saturated heterocycles. The molecule has 0 spiro atoms. The minimum atomic E-state index is -0.0973. The molecule has 1 fully saturated rings. The molecule has 0 aromatic heterocycles. The lowest BCUT2D eigenvalue weighted by Crippen LogP contribution is -2.29. The predicted octanol–water partition coefficient (Wildman–Crippen LogP) is 2.47. The summed E-state index contributed by atoms with van der Waals surface area (Å²) in [6, 6.07) is 10.2. The van der Waals surface area contributed by atoms with Gasteiger partial charge in [-0.3, -0.25) is 0 Å². The lowest BCUT2D eigenvalue weighted by atomic mass is 9.81. The molecule has 1 aromatic rings. The van der Waals surface area contributed by atoms with Crippen LogP contribution in [-0.2, 0) is 0 Å². The highest BCUT2D eigenvalue weighted by atomic mass is 16.3. The van der Waals surface area contributed by atoms with Crippen molar-refractivity contribution in [1.29, 1.82) is 0 Å². The average molecular weight is 174 g/mol. The van der Waals surface area contributed by atoms with E-state index in [1.54, 1.807) is 0 Å². The normalized spacial score (nSPS) is 27.5. The molecule has 1 nitrogen and oxygen atoms in total. The Hall–Kier alpha value is -1.08. The lowest BCUT2D eigenvalue weighted by Gasteiger charge is -2.29. The number of aliphatic hydroxyl groups excluding tert-OH is 1. The van der Waals surface area contributed by atoms with E-state index in [1.807, 2.05) is 18.2 Å². The van der Waals surface area contributed by atoms with Gasteiger partial charge in [-0.1, -0.05) is 42.5 Å². The maximum Gasteiger partial charge on any atom is 0.0603 e. The molecule has 1 heteroatoms. The maximum atomic E-state index is 9.33. The zero-order valence-corrected chi connectivity index (χ0v) is 7.56. The second kappa shape index (κ2) is 3.75. The zero-order chi connectivity index (χ0) is 9.10. The fourth-order valence-electron chi connectivity index (χ4n) is 1.53. The van der Waals surface area contributed by atoms with Crippen molar-refractivity contribution >= 4 is 6.08 Å². The first-order chi connectivity index (χ1) is 6.36. The molecule has 1 saturated carbocycles. The molecule has 0 amide bonds. The Labute approximate surface area is 78.7 Å². The number of aliphatic hydroxyl groups is 1. The largest absolute Gasteiger partial charge is 0.393 e. The van der Waals surface area contributed by atoms with Gasteiger partial charge in [0.05, 0.1) is 6.10 Å². The van der Waals surface area contributed by atoms with Gasteiger partial charge in [0.15, 0.2) is 0 Å². The molecule has 0 heterocycles. The van der Waals surface area contributed by atoms with E-state index in [9.17, 15) is 5.11 Å². The van der Waals surface area contributed by atoms with Gasteiger partial charge in [0.1, 0.15) is 0 Å². The minimum absolute atomic E-state index is 0.0973. The van der Waals surface area contributed by atoms with E-state index in [1.165, 1.54) is 5.56 Å². The smallest absolute Gasteiger partial charge is 0.0603 e. The summed E-state index contributed by atoms with van der Waals surface area (Å²) >= 11 is 0. The van der Waals surface area contributed by atoms with Gasteiger partial charge in [-0.25, -0.2) is 0 Å². The molecule has 1 aliphatic carbocycles. The highest BCUT2D eigenvalue weighted by Crippen LogP contribution is 2.28. The standard InChI is InChI=1S/C12H14O/c13-12-9-8-11(12)7-6-10-4-2-1-3-5-10/h1-7,11-13H,8-9H2/b7-6+. The first-order valence-electron chi connectivity index (χ1n) is 4.77. The molecule has 2 atom stereocenters.